The molecule has 0 fully saturated rings. The molecule has 0 radical (unpaired) electrons. The highest BCUT2D eigenvalue weighted by molar-refractivity contribution is 5.92. The maximum absolute atomic E-state index is 13.1. The minimum absolute atomic E-state index is 0. The molecule has 626 valence electrons. The number of carboxylic acids is 1. The monoisotopic (exact) mass is 1620 g/mol. The number of phenols is 5. The minimum Gasteiger partial charge on any atom is -0.508 e. The topological polar surface area (TPSA) is 515 Å². The lowest BCUT2D eigenvalue weighted by Crippen LogP contribution is -2.53. The van der Waals surface area contributed by atoms with Crippen LogP contribution in [0.2, 0.25) is 0 Å². The number of benzene rings is 7. The number of carbonyl (C=O) groups is 13. The Hall–Kier alpha value is -13.8. The van der Waals surface area contributed by atoms with Gasteiger partial charge in [0.15, 0.2) is 13.2 Å². The fourth-order valence-electron chi connectivity index (χ4n) is 10.1. The van der Waals surface area contributed by atoms with Crippen LogP contribution in [0.1, 0.15) is 74.1 Å². The van der Waals surface area contributed by atoms with Crippen molar-refractivity contribution in [3.05, 3.63) is 209 Å². The van der Waals surface area contributed by atoms with Crippen LogP contribution in [-0.4, -0.2) is 206 Å². The maximum Gasteiger partial charge on any atom is 0.343 e. The molecule has 0 aliphatic carbocycles. The number of rotatable bonds is 33. The van der Waals surface area contributed by atoms with Gasteiger partial charge in [0.25, 0.3) is 0 Å². The fourth-order valence-corrected chi connectivity index (χ4v) is 10.1. The van der Waals surface area contributed by atoms with E-state index in [1.54, 1.807) is 121 Å². The molecule has 0 heterocycles. The van der Waals surface area contributed by atoms with Crippen LogP contribution in [0.4, 0.5) is 0 Å². The Morgan fingerprint density at radius 2 is 0.500 bits per heavy atom. The molecule has 0 aromatic heterocycles. The zero-order valence-electron chi connectivity index (χ0n) is 64.9. The van der Waals surface area contributed by atoms with E-state index >= 15 is 0 Å². The average Bonchev–Trinajstić information content (AvgIpc) is 0.856. The Morgan fingerprint density at radius 1 is 0.293 bits per heavy atom. The Balaban J connectivity index is 0.000000520. The van der Waals surface area contributed by atoms with Gasteiger partial charge in [0.1, 0.15) is 82.5 Å². The summed E-state index contributed by atoms with van der Waals surface area (Å²) < 4.78 is 38.4. The van der Waals surface area contributed by atoms with E-state index in [-0.39, 0.29) is 93.3 Å². The quantitative estimate of drug-likeness (QED) is 0.0204. The molecule has 6 amide bonds. The molecule has 14 N–H and O–H groups in total. The van der Waals surface area contributed by atoms with Crippen LogP contribution in [0, 0.1) is 0 Å². The van der Waals surface area contributed by atoms with Crippen molar-refractivity contribution in [2.75, 3.05) is 55.9 Å². The van der Waals surface area contributed by atoms with Gasteiger partial charge < -0.3 is 106 Å². The summed E-state index contributed by atoms with van der Waals surface area (Å²) in [5, 5.41) is 70.2. The molecule has 0 spiro atoms. The van der Waals surface area contributed by atoms with E-state index in [4.69, 9.17) is 45.1 Å². The third kappa shape index (κ3) is 39.4. The van der Waals surface area contributed by atoms with Crippen LogP contribution in [-0.2, 0) is 136 Å². The number of hydrogen-bond donors (Lipinski definition) is 13. The zero-order valence-corrected chi connectivity index (χ0v) is 64.9. The van der Waals surface area contributed by atoms with E-state index in [2.05, 4.69) is 50.8 Å². The highest BCUT2D eigenvalue weighted by Crippen LogP contribution is 2.20. The van der Waals surface area contributed by atoms with Gasteiger partial charge in [-0.15, -0.1) is 0 Å². The molecule has 7 rings (SSSR count). The molecule has 34 nitrogen and oxygen atoms in total. The van der Waals surface area contributed by atoms with Gasteiger partial charge in [-0.25, -0.2) is 28.8 Å². The second kappa shape index (κ2) is 52.4. The lowest BCUT2D eigenvalue weighted by Gasteiger charge is -2.22. The van der Waals surface area contributed by atoms with Crippen LogP contribution < -0.4 is 47.1 Å². The highest BCUT2D eigenvalue weighted by Gasteiger charge is 2.30. The molecule has 34 heteroatoms. The van der Waals surface area contributed by atoms with Gasteiger partial charge in [-0.05, 0) is 130 Å². The number of phenolic OH excluding ortho intramolecular Hbond substituents is 5. The molecule has 0 aliphatic heterocycles. The molecular formula is C82H101N7O27. The third-order valence-corrected chi connectivity index (χ3v) is 15.8. The third-order valence-electron chi connectivity index (χ3n) is 15.8. The second-order valence-corrected chi connectivity index (χ2v) is 25.0. The van der Waals surface area contributed by atoms with Crippen molar-refractivity contribution >= 4 is 77.2 Å². The molecule has 0 saturated carbocycles. The summed E-state index contributed by atoms with van der Waals surface area (Å²) in [6, 6.07) is 38.7. The smallest absolute Gasteiger partial charge is 0.343 e. The first-order valence-corrected chi connectivity index (χ1v) is 35.0. The highest BCUT2D eigenvalue weighted by atomic mass is 16.6. The molecule has 7 unspecified atom stereocenters. The van der Waals surface area contributed by atoms with E-state index < -0.39 is 108 Å². The summed E-state index contributed by atoms with van der Waals surface area (Å²) >= 11 is 0. The van der Waals surface area contributed by atoms with Crippen LogP contribution in [0.5, 0.6) is 40.2 Å². The number of aromatic hydroxyl groups is 5. The molecule has 7 aromatic carbocycles. The van der Waals surface area contributed by atoms with E-state index in [0.29, 0.717) is 41.0 Å². The molecule has 0 bridgehead atoms. The Morgan fingerprint density at radius 3 is 0.733 bits per heavy atom. The number of ether oxygens (including phenoxy) is 8. The van der Waals surface area contributed by atoms with Crippen molar-refractivity contribution in [1.29, 1.82) is 0 Å². The number of methoxy groups -OCH3 is 6. The number of amides is 6. The lowest BCUT2D eigenvalue weighted by atomic mass is 10.0. The zero-order chi connectivity index (χ0) is 85.7. The van der Waals surface area contributed by atoms with Crippen molar-refractivity contribution in [3.63, 3.8) is 0 Å². The van der Waals surface area contributed by atoms with Crippen molar-refractivity contribution in [2.45, 2.75) is 122 Å². The van der Waals surface area contributed by atoms with Gasteiger partial charge in [0.05, 0.1) is 42.7 Å². The first-order chi connectivity index (χ1) is 54.6. The van der Waals surface area contributed by atoms with Gasteiger partial charge in [-0.3, -0.25) is 33.6 Å². The van der Waals surface area contributed by atoms with E-state index in [1.807, 2.05) is 0 Å². The average molecular weight is 1620 g/mol. The molecule has 7 aromatic rings. The van der Waals surface area contributed by atoms with Gasteiger partial charge in [0, 0.05) is 66.2 Å². The molecule has 0 saturated heterocycles. The summed E-state index contributed by atoms with van der Waals surface area (Å²) in [6.07, 6.45) is 1.50. The van der Waals surface area contributed by atoms with E-state index in [9.17, 15) is 72.5 Å². The Bertz CT molecular complexity index is 4280. The van der Waals surface area contributed by atoms with Crippen LogP contribution in [0.15, 0.2) is 170 Å². The summed E-state index contributed by atoms with van der Waals surface area (Å²) in [5.41, 5.74) is 10.8. The van der Waals surface area contributed by atoms with Crippen molar-refractivity contribution in [3.8, 4) is 40.2 Å². The molecule has 0 aliphatic rings. The summed E-state index contributed by atoms with van der Waals surface area (Å²) in [4.78, 5) is 151. The van der Waals surface area contributed by atoms with E-state index in [0.717, 1.165) is 22.3 Å². The fraction of sp³-hybridized carbons (Fsp3) is 0.329. The van der Waals surface area contributed by atoms with Crippen LogP contribution >= 0.6 is 0 Å². The van der Waals surface area contributed by atoms with Crippen molar-refractivity contribution in [2.24, 2.45) is 5.73 Å². The molecule has 116 heavy (non-hydrogen) atoms. The number of esters is 6. The first-order valence-electron chi connectivity index (χ1n) is 35.0. The van der Waals surface area contributed by atoms with Crippen LogP contribution in [0.25, 0.3) is 0 Å². The second-order valence-electron chi connectivity index (χ2n) is 25.0. The van der Waals surface area contributed by atoms with E-state index in [1.165, 1.54) is 119 Å². The maximum atomic E-state index is 13.1. The number of carboxylic acid groups (broad SMARTS) is 1. The number of hydrogen-bond acceptors (Lipinski definition) is 27. The van der Waals surface area contributed by atoms with Gasteiger partial charge in [-0.2, -0.15) is 0 Å². The first kappa shape index (κ1) is 98.3. The van der Waals surface area contributed by atoms with Crippen molar-refractivity contribution < 1.29 is 131 Å². The summed E-state index contributed by atoms with van der Waals surface area (Å²) in [6.45, 7) is 4.70. The van der Waals surface area contributed by atoms with Gasteiger partial charge in [0.2, 0.25) is 35.4 Å². The van der Waals surface area contributed by atoms with Crippen molar-refractivity contribution in [1.82, 2.24) is 31.9 Å². The number of carbonyl (C=O) groups excluding carboxylic acids is 12. The SMILES string of the molecule is C.CC(=O)NC(Cc1ccc(O)cc1)C(=O)O.COC(=O)C(Cc1ccc(O)cc1)NC(=O)C(Cc1ccc(O)cc1)NC(C)=O.COC(=O)C(Cc1ccc(O)cc1)NC(C)=O.COC(=O)C(N)Cc1ccc(O)cc1.COC(=O)COc1ccc(CC(NC(C)=O)C(=O)NC(Cc2ccc(OCC(=O)OC)cc2)C(=O)OC)cc1. The molecular weight excluding hydrogens is 1510 g/mol. The number of nitrogens with two attached hydrogens (primary N) is 1. The minimum atomic E-state index is -1.08. The summed E-state index contributed by atoms with van der Waals surface area (Å²) in [5.74, 6) is -5.45. The largest absolute Gasteiger partial charge is 0.508 e. The Kier molecular flexibility index (Phi) is 44.4. The number of aliphatic carboxylic acids is 1. The standard InChI is InChI=1S/C27H32N2O10.C21H24N2O6.C12H15NO4.C11H13NO4.C10H13NO3.CH4/c1-17(30)28-22(13-18-5-9-20(10-6-18)38-15-24(31)35-2)26(33)29-23(27(34)37-4)14-19-7-11-21(12-8-19)39-16-25(32)36-3;1-13(24)22-18(11-14-3-7-16(25)8-4-14)20(27)23-19(21(28)29-2)12-15-5-9-17(26)10-6-15;1-8(14)13-11(12(16)17-2)7-9-3-5-10(15)6-4-9;1-7(13)12-10(11(15)16)6-8-2-4-9(14)5-3-8;1-14-10(13)9(11)6-7-2-4-8(12)5-3-7;/h5-12,22-23H,13-16H2,1-4H3,(H,28,30)(H,29,33);3-10,18-19,25-26H,11-12H2,1-2H3,(H,22,24)(H,23,27);3-6,11,15H,7H2,1-2H3,(H,13,14);2-5,10,14H,6H2,1H3,(H,12,13)(H,15,16);2-5,9,12H,6,11H2,1H3;1H4. The summed E-state index contributed by atoms with van der Waals surface area (Å²) in [7, 11) is 7.52. The van der Waals surface area contributed by atoms with Gasteiger partial charge >= 0.3 is 41.8 Å². The number of nitrogens with one attached hydrogen (secondary N) is 6. The predicted molar refractivity (Wildman–Crippen MR) is 419 cm³/mol. The normalized spacial score (nSPS) is 11.9. The van der Waals surface area contributed by atoms with Gasteiger partial charge in [-0.1, -0.05) is 92.4 Å². The van der Waals surface area contributed by atoms with Crippen LogP contribution in [0.3, 0.4) is 0 Å². The Labute approximate surface area is 670 Å². The lowest BCUT2D eigenvalue weighted by molar-refractivity contribution is -0.145. The molecule has 7 atom stereocenters. The predicted octanol–water partition coefficient (Wildman–Crippen LogP) is 3.99.